The van der Waals surface area contributed by atoms with Crippen LogP contribution in [0.3, 0.4) is 0 Å². The SMILES string of the molecule is Nc1cc(C(=O)Nc2c(F)cc(F)cc2Br)ccc1F. The van der Waals surface area contributed by atoms with Gasteiger partial charge < -0.3 is 11.1 Å². The third-order valence-corrected chi connectivity index (χ3v) is 3.13. The Morgan fingerprint density at radius 1 is 1.10 bits per heavy atom. The molecule has 1 amide bonds. The largest absolute Gasteiger partial charge is 0.396 e. The highest BCUT2D eigenvalue weighted by Gasteiger charge is 2.14. The molecule has 0 heterocycles. The number of benzene rings is 2. The molecule has 0 aliphatic carbocycles. The van der Waals surface area contributed by atoms with E-state index in [1.54, 1.807) is 0 Å². The van der Waals surface area contributed by atoms with Crippen LogP contribution >= 0.6 is 15.9 Å². The summed E-state index contributed by atoms with van der Waals surface area (Å²) in [5.74, 6) is -3.06. The maximum Gasteiger partial charge on any atom is 0.255 e. The number of halogens is 4. The quantitative estimate of drug-likeness (QED) is 0.816. The first-order valence-electron chi connectivity index (χ1n) is 5.39. The highest BCUT2D eigenvalue weighted by Crippen LogP contribution is 2.27. The molecule has 0 bridgehead atoms. The molecular formula is C13H8BrF3N2O. The number of nitrogens with two attached hydrogens (primary N) is 1. The Kier molecular flexibility index (Phi) is 3.99. The van der Waals surface area contributed by atoms with Crippen molar-refractivity contribution in [3.63, 3.8) is 0 Å². The second kappa shape index (κ2) is 5.54. The Morgan fingerprint density at radius 3 is 2.40 bits per heavy atom. The number of anilines is 2. The number of nitrogen functional groups attached to an aromatic ring is 1. The van der Waals surface area contributed by atoms with E-state index in [1.165, 1.54) is 6.07 Å². The Morgan fingerprint density at radius 2 is 1.80 bits per heavy atom. The lowest BCUT2D eigenvalue weighted by Gasteiger charge is -2.09. The minimum Gasteiger partial charge on any atom is -0.396 e. The summed E-state index contributed by atoms with van der Waals surface area (Å²) >= 11 is 2.95. The number of rotatable bonds is 2. The molecule has 0 aliphatic heterocycles. The smallest absolute Gasteiger partial charge is 0.255 e. The zero-order valence-corrected chi connectivity index (χ0v) is 11.5. The van der Waals surface area contributed by atoms with E-state index in [2.05, 4.69) is 21.2 Å². The molecule has 2 aromatic rings. The lowest BCUT2D eigenvalue weighted by molar-refractivity contribution is 0.102. The van der Waals surface area contributed by atoms with E-state index in [4.69, 9.17) is 5.73 Å². The van der Waals surface area contributed by atoms with Crippen LogP contribution in [0.25, 0.3) is 0 Å². The van der Waals surface area contributed by atoms with Crippen molar-refractivity contribution in [2.75, 3.05) is 11.1 Å². The van der Waals surface area contributed by atoms with Crippen LogP contribution in [0.15, 0.2) is 34.8 Å². The number of amides is 1. The van der Waals surface area contributed by atoms with Gasteiger partial charge in [-0.15, -0.1) is 0 Å². The number of hydrogen-bond donors (Lipinski definition) is 2. The molecule has 7 heteroatoms. The van der Waals surface area contributed by atoms with Gasteiger partial charge in [0.15, 0.2) is 5.82 Å². The van der Waals surface area contributed by atoms with E-state index in [9.17, 15) is 18.0 Å². The topological polar surface area (TPSA) is 55.1 Å². The van der Waals surface area contributed by atoms with Crippen molar-refractivity contribution in [1.82, 2.24) is 0 Å². The van der Waals surface area contributed by atoms with Crippen molar-refractivity contribution in [2.45, 2.75) is 0 Å². The number of hydrogen-bond acceptors (Lipinski definition) is 2. The molecule has 2 aromatic carbocycles. The number of carbonyl (C=O) groups is 1. The van der Waals surface area contributed by atoms with Gasteiger partial charge in [0.1, 0.15) is 11.6 Å². The number of nitrogens with one attached hydrogen (secondary N) is 1. The van der Waals surface area contributed by atoms with Gasteiger partial charge in [-0.25, -0.2) is 13.2 Å². The summed E-state index contributed by atoms with van der Waals surface area (Å²) in [7, 11) is 0. The van der Waals surface area contributed by atoms with Gasteiger partial charge in [-0.1, -0.05) is 0 Å². The molecule has 3 nitrogen and oxygen atoms in total. The molecule has 2 rings (SSSR count). The van der Waals surface area contributed by atoms with Crippen LogP contribution in [0, 0.1) is 17.5 Å². The Labute approximate surface area is 120 Å². The van der Waals surface area contributed by atoms with Crippen molar-refractivity contribution < 1.29 is 18.0 Å². The highest BCUT2D eigenvalue weighted by atomic mass is 79.9. The normalized spacial score (nSPS) is 10.4. The zero-order valence-electron chi connectivity index (χ0n) is 9.88. The summed E-state index contributed by atoms with van der Waals surface area (Å²) in [6, 6.07) is 5.01. The molecule has 0 radical (unpaired) electrons. The van der Waals surface area contributed by atoms with Crippen molar-refractivity contribution in [3.8, 4) is 0 Å². The van der Waals surface area contributed by atoms with Crippen molar-refractivity contribution >= 4 is 33.2 Å². The average molecular weight is 345 g/mol. The van der Waals surface area contributed by atoms with E-state index in [0.29, 0.717) is 6.07 Å². The van der Waals surface area contributed by atoms with E-state index < -0.39 is 23.4 Å². The van der Waals surface area contributed by atoms with E-state index in [1.807, 2.05) is 0 Å². The van der Waals surface area contributed by atoms with Crippen LogP contribution in [-0.2, 0) is 0 Å². The maximum absolute atomic E-state index is 13.6. The van der Waals surface area contributed by atoms with Gasteiger partial charge in [0.05, 0.1) is 11.4 Å². The molecule has 0 fully saturated rings. The molecule has 0 spiro atoms. The molecule has 0 aliphatic rings. The van der Waals surface area contributed by atoms with Gasteiger partial charge in [-0.2, -0.15) is 0 Å². The molecule has 0 saturated heterocycles. The van der Waals surface area contributed by atoms with Crippen LogP contribution < -0.4 is 11.1 Å². The summed E-state index contributed by atoms with van der Waals surface area (Å²) in [6.45, 7) is 0. The van der Waals surface area contributed by atoms with Crippen LogP contribution in [-0.4, -0.2) is 5.91 Å². The summed E-state index contributed by atoms with van der Waals surface area (Å²) in [6.07, 6.45) is 0. The predicted octanol–water partition coefficient (Wildman–Crippen LogP) is 3.70. The van der Waals surface area contributed by atoms with Gasteiger partial charge in [-0.3, -0.25) is 4.79 Å². The summed E-state index contributed by atoms with van der Waals surface area (Å²) in [5.41, 5.74) is 4.99. The first kappa shape index (κ1) is 14.4. The van der Waals surface area contributed by atoms with Crippen LogP contribution in [0.2, 0.25) is 0 Å². The lowest BCUT2D eigenvalue weighted by Crippen LogP contribution is -2.14. The second-order valence-electron chi connectivity index (χ2n) is 3.93. The van der Waals surface area contributed by atoms with Gasteiger partial charge in [-0.05, 0) is 40.2 Å². The lowest BCUT2D eigenvalue weighted by atomic mass is 10.1. The number of carbonyl (C=O) groups excluding carboxylic acids is 1. The highest BCUT2D eigenvalue weighted by molar-refractivity contribution is 9.10. The van der Waals surface area contributed by atoms with Crippen LogP contribution in [0.5, 0.6) is 0 Å². The fourth-order valence-electron chi connectivity index (χ4n) is 1.53. The molecule has 0 saturated carbocycles. The van der Waals surface area contributed by atoms with Crippen LogP contribution in [0.1, 0.15) is 10.4 Å². The van der Waals surface area contributed by atoms with Crippen molar-refractivity contribution in [3.05, 3.63) is 57.8 Å². The van der Waals surface area contributed by atoms with Gasteiger partial charge in [0, 0.05) is 16.1 Å². The average Bonchev–Trinajstić information content (AvgIpc) is 2.36. The zero-order chi connectivity index (χ0) is 14.9. The summed E-state index contributed by atoms with van der Waals surface area (Å²) < 4.78 is 39.5. The first-order valence-corrected chi connectivity index (χ1v) is 6.18. The van der Waals surface area contributed by atoms with Crippen molar-refractivity contribution in [1.29, 1.82) is 0 Å². The van der Waals surface area contributed by atoms with Crippen LogP contribution in [0.4, 0.5) is 24.5 Å². The summed E-state index contributed by atoms with van der Waals surface area (Å²) in [4.78, 5) is 11.9. The van der Waals surface area contributed by atoms with Gasteiger partial charge in [0.25, 0.3) is 5.91 Å². The first-order chi connectivity index (χ1) is 9.38. The Hall–Kier alpha value is -2.02. The van der Waals surface area contributed by atoms with E-state index in [0.717, 1.165) is 18.2 Å². The molecule has 0 aromatic heterocycles. The molecule has 0 unspecified atom stereocenters. The molecule has 104 valence electrons. The van der Waals surface area contributed by atoms with E-state index in [-0.39, 0.29) is 21.4 Å². The minimum atomic E-state index is -0.930. The Balaban J connectivity index is 2.30. The Bertz CT molecular complexity index is 668. The fraction of sp³-hybridized carbons (Fsp3) is 0. The monoisotopic (exact) mass is 344 g/mol. The maximum atomic E-state index is 13.6. The van der Waals surface area contributed by atoms with E-state index >= 15 is 0 Å². The third kappa shape index (κ3) is 2.93. The van der Waals surface area contributed by atoms with Crippen molar-refractivity contribution in [2.24, 2.45) is 0 Å². The molecule has 0 atom stereocenters. The summed E-state index contributed by atoms with van der Waals surface area (Å²) in [5, 5.41) is 2.26. The molecular weight excluding hydrogens is 337 g/mol. The molecule has 3 N–H and O–H groups in total. The van der Waals surface area contributed by atoms with Gasteiger partial charge >= 0.3 is 0 Å². The fourth-order valence-corrected chi connectivity index (χ4v) is 2.04. The standard InChI is InChI=1S/C13H8BrF3N2O/c14-8-4-7(15)5-10(17)12(8)19-13(20)6-1-2-9(16)11(18)3-6/h1-5H,18H2,(H,19,20). The molecule has 20 heavy (non-hydrogen) atoms. The minimum absolute atomic E-state index is 0.0541. The predicted molar refractivity (Wildman–Crippen MR) is 72.8 cm³/mol. The third-order valence-electron chi connectivity index (χ3n) is 2.50. The van der Waals surface area contributed by atoms with Gasteiger partial charge in [0.2, 0.25) is 0 Å². The second-order valence-corrected chi connectivity index (χ2v) is 4.79.